The van der Waals surface area contributed by atoms with Gasteiger partial charge in [-0.2, -0.15) is 0 Å². The first-order valence-electron chi connectivity index (χ1n) is 5.77. The molecule has 108 valence electrons. The number of hydrogen-bond donors (Lipinski definition) is 2. The largest absolute Gasteiger partial charge is 0.447 e. The molecule has 0 saturated heterocycles. The van der Waals surface area contributed by atoms with Crippen LogP contribution in [0.4, 0.5) is 0 Å². The summed E-state index contributed by atoms with van der Waals surface area (Å²) in [6.45, 7) is 9.89. The van der Waals surface area contributed by atoms with E-state index < -0.39 is 10.0 Å². The predicted octanol–water partition coefficient (Wildman–Crippen LogP) is 2.20. The topological polar surface area (TPSA) is 71.3 Å². The van der Waals surface area contributed by atoms with Gasteiger partial charge < -0.3 is 9.73 Å². The van der Waals surface area contributed by atoms with Gasteiger partial charge in [0.25, 0.3) is 10.0 Å². The van der Waals surface area contributed by atoms with E-state index in [2.05, 4.69) is 16.6 Å². The molecule has 0 aliphatic heterocycles. The highest BCUT2D eigenvalue weighted by molar-refractivity contribution is 7.89. The van der Waals surface area contributed by atoms with Crippen LogP contribution in [0.2, 0.25) is 0 Å². The van der Waals surface area contributed by atoms with Crippen molar-refractivity contribution in [2.24, 2.45) is 0 Å². The van der Waals surface area contributed by atoms with Crippen LogP contribution in [0.15, 0.2) is 33.3 Å². The van der Waals surface area contributed by atoms with E-state index in [1.54, 1.807) is 6.07 Å². The SMILES string of the molecule is C=C(Cl)CNS(=O)(=O)c1ccc(CNC(C)(C)C)o1. The zero-order valence-electron chi connectivity index (χ0n) is 11.3. The number of halogens is 1. The lowest BCUT2D eigenvalue weighted by molar-refractivity contribution is 0.359. The lowest BCUT2D eigenvalue weighted by Crippen LogP contribution is -2.34. The Hall–Kier alpha value is -0.820. The summed E-state index contributed by atoms with van der Waals surface area (Å²) in [4.78, 5) is 0. The minimum atomic E-state index is -3.68. The summed E-state index contributed by atoms with van der Waals surface area (Å²) < 4.78 is 31.2. The molecule has 5 nitrogen and oxygen atoms in total. The zero-order chi connectivity index (χ0) is 14.7. The van der Waals surface area contributed by atoms with Gasteiger partial charge in [-0.1, -0.05) is 18.2 Å². The summed E-state index contributed by atoms with van der Waals surface area (Å²) in [5.74, 6) is 0.556. The molecule has 0 bridgehead atoms. The van der Waals surface area contributed by atoms with Crippen LogP contribution in [0.1, 0.15) is 26.5 Å². The van der Waals surface area contributed by atoms with E-state index in [0.717, 1.165) is 0 Å². The Morgan fingerprint density at radius 2 is 2.05 bits per heavy atom. The van der Waals surface area contributed by atoms with Gasteiger partial charge in [-0.05, 0) is 32.9 Å². The van der Waals surface area contributed by atoms with Gasteiger partial charge >= 0.3 is 0 Å². The van der Waals surface area contributed by atoms with E-state index in [1.807, 2.05) is 20.8 Å². The van der Waals surface area contributed by atoms with Gasteiger partial charge in [0.2, 0.25) is 5.09 Å². The van der Waals surface area contributed by atoms with Crippen LogP contribution in [0.25, 0.3) is 0 Å². The van der Waals surface area contributed by atoms with E-state index in [-0.39, 0.29) is 22.2 Å². The maximum absolute atomic E-state index is 11.8. The highest BCUT2D eigenvalue weighted by Crippen LogP contribution is 2.15. The molecular weight excluding hydrogens is 288 g/mol. The first-order valence-corrected chi connectivity index (χ1v) is 7.63. The molecule has 1 aromatic rings. The molecule has 1 aromatic heterocycles. The highest BCUT2D eigenvalue weighted by atomic mass is 35.5. The molecule has 0 unspecified atom stereocenters. The van der Waals surface area contributed by atoms with Crippen molar-refractivity contribution in [2.75, 3.05) is 6.54 Å². The standard InChI is InChI=1S/C12H19ClN2O3S/c1-9(13)7-15-19(16,17)11-6-5-10(18-11)8-14-12(2,3)4/h5-6,14-15H,1,7-8H2,2-4H3. The number of furan rings is 1. The second-order valence-corrected chi connectivity index (χ2v) is 7.40. The van der Waals surface area contributed by atoms with Gasteiger partial charge in [-0.25, -0.2) is 13.1 Å². The third-order valence-corrected chi connectivity index (χ3v) is 3.56. The summed E-state index contributed by atoms with van der Waals surface area (Å²) in [5, 5.41) is 3.29. The fourth-order valence-corrected chi connectivity index (χ4v) is 2.31. The van der Waals surface area contributed by atoms with Gasteiger partial charge in [0.05, 0.1) is 6.54 Å². The van der Waals surface area contributed by atoms with Crippen molar-refractivity contribution in [3.63, 3.8) is 0 Å². The molecular formula is C12H19ClN2O3S. The average molecular weight is 307 g/mol. The molecule has 0 aliphatic rings. The van der Waals surface area contributed by atoms with Crippen molar-refractivity contribution in [1.82, 2.24) is 10.0 Å². The maximum atomic E-state index is 11.8. The van der Waals surface area contributed by atoms with E-state index in [0.29, 0.717) is 12.3 Å². The van der Waals surface area contributed by atoms with Crippen molar-refractivity contribution in [2.45, 2.75) is 37.9 Å². The Morgan fingerprint density at radius 1 is 1.42 bits per heavy atom. The lowest BCUT2D eigenvalue weighted by atomic mass is 10.1. The molecule has 7 heteroatoms. The second-order valence-electron chi connectivity index (χ2n) is 5.17. The van der Waals surface area contributed by atoms with Gasteiger partial charge in [0.1, 0.15) is 5.76 Å². The predicted molar refractivity (Wildman–Crippen MR) is 75.5 cm³/mol. The summed E-state index contributed by atoms with van der Waals surface area (Å²) in [6, 6.07) is 3.04. The van der Waals surface area contributed by atoms with Crippen molar-refractivity contribution in [1.29, 1.82) is 0 Å². The Bertz CT molecular complexity index is 544. The monoisotopic (exact) mass is 306 g/mol. The number of nitrogens with one attached hydrogen (secondary N) is 2. The second kappa shape index (κ2) is 6.09. The molecule has 0 radical (unpaired) electrons. The van der Waals surface area contributed by atoms with Gasteiger partial charge in [-0.3, -0.25) is 0 Å². The molecule has 1 heterocycles. The Kier molecular flexibility index (Phi) is 5.20. The van der Waals surface area contributed by atoms with Crippen LogP contribution >= 0.6 is 11.6 Å². The molecule has 0 aromatic carbocycles. The minimum absolute atomic E-state index is 0.0276. The van der Waals surface area contributed by atoms with Crippen LogP contribution in [0.3, 0.4) is 0 Å². The van der Waals surface area contributed by atoms with Crippen molar-refractivity contribution >= 4 is 21.6 Å². The molecule has 1 rings (SSSR count). The summed E-state index contributed by atoms with van der Waals surface area (Å²) in [5.41, 5.74) is -0.0690. The molecule has 0 fully saturated rings. The third-order valence-electron chi connectivity index (χ3n) is 2.15. The van der Waals surface area contributed by atoms with Crippen LogP contribution < -0.4 is 10.0 Å². The van der Waals surface area contributed by atoms with Crippen LogP contribution in [0.5, 0.6) is 0 Å². The normalized spacial score (nSPS) is 12.6. The minimum Gasteiger partial charge on any atom is -0.447 e. The van der Waals surface area contributed by atoms with E-state index in [9.17, 15) is 8.42 Å². The van der Waals surface area contributed by atoms with Gasteiger partial charge in [-0.15, -0.1) is 0 Å². The van der Waals surface area contributed by atoms with Crippen molar-refractivity contribution in [3.05, 3.63) is 29.5 Å². The number of rotatable bonds is 6. The van der Waals surface area contributed by atoms with Crippen molar-refractivity contribution < 1.29 is 12.8 Å². The van der Waals surface area contributed by atoms with E-state index in [1.165, 1.54) is 6.07 Å². The molecule has 0 saturated carbocycles. The van der Waals surface area contributed by atoms with Gasteiger partial charge in [0.15, 0.2) is 0 Å². The Labute approximate surface area is 119 Å². The lowest BCUT2D eigenvalue weighted by Gasteiger charge is -2.19. The zero-order valence-corrected chi connectivity index (χ0v) is 12.9. The smallest absolute Gasteiger partial charge is 0.274 e. The first-order chi connectivity index (χ1) is 8.60. The van der Waals surface area contributed by atoms with Crippen LogP contribution in [-0.4, -0.2) is 20.5 Å². The van der Waals surface area contributed by atoms with E-state index in [4.69, 9.17) is 16.0 Å². The molecule has 0 atom stereocenters. The van der Waals surface area contributed by atoms with Crippen molar-refractivity contribution in [3.8, 4) is 0 Å². The summed E-state index contributed by atoms with van der Waals surface area (Å²) in [7, 11) is -3.68. The maximum Gasteiger partial charge on any atom is 0.274 e. The first kappa shape index (κ1) is 16.2. The quantitative estimate of drug-likeness (QED) is 0.845. The number of hydrogen-bond acceptors (Lipinski definition) is 4. The molecule has 19 heavy (non-hydrogen) atoms. The van der Waals surface area contributed by atoms with Gasteiger partial charge in [0, 0.05) is 17.1 Å². The molecule has 2 N–H and O–H groups in total. The fraction of sp³-hybridized carbons (Fsp3) is 0.500. The molecule has 0 amide bonds. The highest BCUT2D eigenvalue weighted by Gasteiger charge is 2.19. The summed E-state index contributed by atoms with van der Waals surface area (Å²) in [6.07, 6.45) is 0. The average Bonchev–Trinajstić information content (AvgIpc) is 2.72. The molecule has 0 spiro atoms. The Balaban J connectivity index is 2.71. The van der Waals surface area contributed by atoms with E-state index >= 15 is 0 Å². The molecule has 0 aliphatic carbocycles. The summed E-state index contributed by atoms with van der Waals surface area (Å²) >= 11 is 5.51. The van der Waals surface area contributed by atoms with Crippen LogP contribution in [-0.2, 0) is 16.6 Å². The Morgan fingerprint density at radius 3 is 2.58 bits per heavy atom. The number of sulfonamides is 1. The fourth-order valence-electron chi connectivity index (χ4n) is 1.19. The van der Waals surface area contributed by atoms with Crippen LogP contribution in [0, 0.1) is 0 Å². The third kappa shape index (κ3) is 5.78.